The highest BCUT2D eigenvalue weighted by atomic mass is 32.2. The van der Waals surface area contributed by atoms with E-state index in [9.17, 15) is 18.0 Å². The molecule has 1 heterocycles. The van der Waals surface area contributed by atoms with E-state index in [1.165, 1.54) is 25.2 Å². The zero-order valence-electron chi connectivity index (χ0n) is 25.3. The number of benzene rings is 4. The van der Waals surface area contributed by atoms with Crippen LogP contribution in [0.3, 0.4) is 0 Å². The number of fused-ring (bicyclic) bond motifs is 1. The molecule has 10 nitrogen and oxygen atoms in total. The normalized spacial score (nSPS) is 14.1. The van der Waals surface area contributed by atoms with Crippen LogP contribution >= 0.6 is 0 Å². The van der Waals surface area contributed by atoms with Crippen molar-refractivity contribution >= 4 is 33.2 Å². The SMILES string of the molecule is COc1cccc(N(CC(=O)N2C[C@@H](C(=O)NCCc3ccccc3)Oc3ccccc32)S(=O)(=O)c2cc(C)ccc2OC)c1. The van der Waals surface area contributed by atoms with E-state index in [0.717, 1.165) is 9.87 Å². The first-order chi connectivity index (χ1) is 21.7. The zero-order chi connectivity index (χ0) is 32.0. The van der Waals surface area contributed by atoms with Crippen molar-refractivity contribution in [3.8, 4) is 17.2 Å². The van der Waals surface area contributed by atoms with E-state index in [2.05, 4.69) is 5.32 Å². The lowest BCUT2D eigenvalue weighted by atomic mass is 10.1. The van der Waals surface area contributed by atoms with Crippen LogP contribution in [-0.2, 0) is 26.0 Å². The van der Waals surface area contributed by atoms with Gasteiger partial charge in [-0.2, -0.15) is 0 Å². The van der Waals surface area contributed by atoms with Crippen LogP contribution in [0.5, 0.6) is 17.2 Å². The minimum Gasteiger partial charge on any atom is -0.497 e. The quantitative estimate of drug-likeness (QED) is 0.262. The zero-order valence-corrected chi connectivity index (χ0v) is 26.1. The second-order valence-electron chi connectivity index (χ2n) is 10.5. The number of anilines is 2. The van der Waals surface area contributed by atoms with Gasteiger partial charge in [-0.05, 0) is 60.9 Å². The third-order valence-electron chi connectivity index (χ3n) is 7.43. The molecule has 0 saturated carbocycles. The van der Waals surface area contributed by atoms with Crippen LogP contribution in [0.1, 0.15) is 11.1 Å². The molecule has 5 rings (SSSR count). The second-order valence-corrected chi connectivity index (χ2v) is 12.3. The van der Waals surface area contributed by atoms with Gasteiger partial charge in [-0.3, -0.25) is 13.9 Å². The molecular weight excluding hydrogens is 594 g/mol. The number of amides is 2. The van der Waals surface area contributed by atoms with Gasteiger partial charge in [0.2, 0.25) is 5.91 Å². The van der Waals surface area contributed by atoms with Gasteiger partial charge in [0.15, 0.2) is 6.10 Å². The molecule has 0 saturated heterocycles. The summed E-state index contributed by atoms with van der Waals surface area (Å²) in [5.41, 5.74) is 2.44. The number of aryl methyl sites for hydroxylation is 1. The number of hydrogen-bond donors (Lipinski definition) is 1. The highest BCUT2D eigenvalue weighted by Gasteiger charge is 2.37. The number of carbonyl (C=O) groups is 2. The molecule has 0 fully saturated rings. The van der Waals surface area contributed by atoms with E-state index in [4.69, 9.17) is 14.2 Å². The Balaban J connectivity index is 1.44. The Labute approximate surface area is 263 Å². The van der Waals surface area contributed by atoms with E-state index >= 15 is 0 Å². The molecule has 4 aromatic rings. The Kier molecular flexibility index (Phi) is 9.58. The number of sulfonamides is 1. The minimum absolute atomic E-state index is 0.0846. The average Bonchev–Trinajstić information content (AvgIpc) is 3.06. The molecule has 1 aliphatic heterocycles. The maximum Gasteiger partial charge on any atom is 0.268 e. The summed E-state index contributed by atoms with van der Waals surface area (Å²) in [4.78, 5) is 28.7. The van der Waals surface area contributed by atoms with Crippen molar-refractivity contribution in [1.82, 2.24) is 5.32 Å². The molecule has 0 radical (unpaired) electrons. The van der Waals surface area contributed by atoms with Gasteiger partial charge in [-0.15, -0.1) is 0 Å². The molecule has 0 aliphatic carbocycles. The van der Waals surface area contributed by atoms with Gasteiger partial charge in [-0.1, -0.05) is 54.6 Å². The summed E-state index contributed by atoms with van der Waals surface area (Å²) < 4.78 is 46.4. The van der Waals surface area contributed by atoms with E-state index in [1.54, 1.807) is 67.6 Å². The molecule has 1 atom stereocenters. The predicted molar refractivity (Wildman–Crippen MR) is 172 cm³/mol. The van der Waals surface area contributed by atoms with Crippen LogP contribution < -0.4 is 28.7 Å². The predicted octanol–water partition coefficient (Wildman–Crippen LogP) is 4.36. The molecule has 4 aromatic carbocycles. The van der Waals surface area contributed by atoms with Crippen molar-refractivity contribution < 1.29 is 32.2 Å². The Hall–Kier alpha value is -5.03. The summed E-state index contributed by atoms with van der Waals surface area (Å²) in [6.07, 6.45) is -0.368. The average molecular weight is 630 g/mol. The summed E-state index contributed by atoms with van der Waals surface area (Å²) in [6, 6.07) is 27.9. The lowest BCUT2D eigenvalue weighted by Gasteiger charge is -2.35. The number of ether oxygens (including phenoxy) is 3. The molecule has 11 heteroatoms. The number of methoxy groups -OCH3 is 2. The summed E-state index contributed by atoms with van der Waals surface area (Å²) in [7, 11) is -1.47. The number of nitrogens with zero attached hydrogens (tertiary/aromatic N) is 2. The first-order valence-corrected chi connectivity index (χ1v) is 15.8. The maximum atomic E-state index is 14.3. The van der Waals surface area contributed by atoms with Crippen LogP contribution in [-0.4, -0.2) is 60.2 Å². The fourth-order valence-corrected chi connectivity index (χ4v) is 6.74. The van der Waals surface area contributed by atoms with Gasteiger partial charge in [0, 0.05) is 12.6 Å². The second kappa shape index (κ2) is 13.7. The monoisotopic (exact) mass is 629 g/mol. The Morgan fingerprint density at radius 2 is 1.69 bits per heavy atom. The van der Waals surface area contributed by atoms with Crippen LogP contribution in [0.25, 0.3) is 0 Å². The van der Waals surface area contributed by atoms with Gasteiger partial charge >= 0.3 is 0 Å². The summed E-state index contributed by atoms with van der Waals surface area (Å²) in [5.74, 6) is -0.0208. The standard InChI is InChI=1S/C34H35N3O7S/c1-24-16-17-30(43-3)32(20-24)45(40,41)37(26-12-9-13-27(21-26)42-2)23-33(38)36-22-31(44-29-15-8-7-14-28(29)36)34(39)35-19-18-25-10-5-4-6-11-25/h4-17,20-21,31H,18-19,22-23H2,1-3H3,(H,35,39)/t31-/m0/s1. The van der Waals surface area contributed by atoms with E-state index in [-0.39, 0.29) is 28.8 Å². The van der Waals surface area contributed by atoms with Crippen LogP contribution in [0.15, 0.2) is 102 Å². The topological polar surface area (TPSA) is 114 Å². The summed E-state index contributed by atoms with van der Waals surface area (Å²) >= 11 is 0. The van der Waals surface area contributed by atoms with Crippen molar-refractivity contribution in [2.24, 2.45) is 0 Å². The van der Waals surface area contributed by atoms with Gasteiger partial charge < -0.3 is 24.4 Å². The Bertz CT molecular complexity index is 1780. The Morgan fingerprint density at radius 1 is 0.933 bits per heavy atom. The van der Waals surface area contributed by atoms with Crippen LogP contribution in [0.4, 0.5) is 11.4 Å². The molecule has 1 N–H and O–H groups in total. The smallest absolute Gasteiger partial charge is 0.268 e. The van der Waals surface area contributed by atoms with Crippen LogP contribution in [0, 0.1) is 6.92 Å². The van der Waals surface area contributed by atoms with E-state index < -0.39 is 28.6 Å². The number of rotatable bonds is 11. The molecule has 45 heavy (non-hydrogen) atoms. The lowest BCUT2D eigenvalue weighted by molar-refractivity contribution is -0.128. The number of para-hydroxylation sites is 2. The molecule has 234 valence electrons. The van der Waals surface area contributed by atoms with Gasteiger partial charge in [0.1, 0.15) is 28.7 Å². The number of carbonyl (C=O) groups excluding carboxylic acids is 2. The Morgan fingerprint density at radius 3 is 2.44 bits per heavy atom. The van der Waals surface area contributed by atoms with Gasteiger partial charge in [0.05, 0.1) is 32.1 Å². The fourth-order valence-electron chi connectivity index (χ4n) is 5.09. The first-order valence-electron chi connectivity index (χ1n) is 14.4. The molecular formula is C34H35N3O7S. The van der Waals surface area contributed by atoms with E-state index in [1.807, 2.05) is 30.3 Å². The maximum absolute atomic E-state index is 14.3. The number of nitrogens with one attached hydrogen (secondary N) is 1. The van der Waals surface area contributed by atoms with Crippen molar-refractivity contribution in [2.75, 3.05) is 43.1 Å². The van der Waals surface area contributed by atoms with Crippen LogP contribution in [0.2, 0.25) is 0 Å². The largest absolute Gasteiger partial charge is 0.497 e. The molecule has 0 bridgehead atoms. The highest BCUT2D eigenvalue weighted by molar-refractivity contribution is 7.93. The first kappa shape index (κ1) is 31.4. The number of hydrogen-bond acceptors (Lipinski definition) is 7. The summed E-state index contributed by atoms with van der Waals surface area (Å²) in [5, 5.41) is 2.90. The van der Waals surface area contributed by atoms with Gasteiger partial charge in [-0.25, -0.2) is 8.42 Å². The molecule has 0 spiro atoms. The van der Waals surface area contributed by atoms with Crippen molar-refractivity contribution in [1.29, 1.82) is 0 Å². The van der Waals surface area contributed by atoms with Crippen molar-refractivity contribution in [3.05, 3.63) is 108 Å². The lowest BCUT2D eigenvalue weighted by Crippen LogP contribution is -2.53. The molecule has 0 unspecified atom stereocenters. The molecule has 0 aromatic heterocycles. The molecule has 2 amide bonds. The third kappa shape index (κ3) is 7.04. The highest BCUT2D eigenvalue weighted by Crippen LogP contribution is 2.35. The van der Waals surface area contributed by atoms with Crippen molar-refractivity contribution in [3.63, 3.8) is 0 Å². The third-order valence-corrected chi connectivity index (χ3v) is 9.23. The van der Waals surface area contributed by atoms with Gasteiger partial charge in [0.25, 0.3) is 15.9 Å². The van der Waals surface area contributed by atoms with E-state index in [0.29, 0.717) is 35.7 Å². The van der Waals surface area contributed by atoms with Crippen molar-refractivity contribution in [2.45, 2.75) is 24.3 Å². The summed E-state index contributed by atoms with van der Waals surface area (Å²) in [6.45, 7) is 1.49. The molecule has 1 aliphatic rings. The minimum atomic E-state index is -4.33. The fraction of sp³-hybridized carbons (Fsp3) is 0.235.